The van der Waals surface area contributed by atoms with Gasteiger partial charge >= 0.3 is 6.03 Å². The van der Waals surface area contributed by atoms with Gasteiger partial charge in [-0.2, -0.15) is 4.98 Å². The van der Waals surface area contributed by atoms with Crippen LogP contribution in [-0.2, 0) is 6.42 Å². The molecule has 1 fully saturated rings. The highest BCUT2D eigenvalue weighted by Gasteiger charge is 2.28. The van der Waals surface area contributed by atoms with Gasteiger partial charge in [-0.3, -0.25) is 0 Å². The lowest BCUT2D eigenvalue weighted by atomic mass is 10.4. The Hall–Kier alpha value is -1.59. The summed E-state index contributed by atoms with van der Waals surface area (Å²) >= 11 is 0. The van der Waals surface area contributed by atoms with Crippen molar-refractivity contribution in [2.24, 2.45) is 0 Å². The number of hydrogen-bond acceptors (Lipinski definition) is 4. The van der Waals surface area contributed by atoms with Crippen molar-refractivity contribution in [2.45, 2.75) is 25.2 Å². The lowest BCUT2D eigenvalue weighted by molar-refractivity contribution is 0.242. The highest BCUT2D eigenvalue weighted by Crippen LogP contribution is 2.37. The number of hydrogen-bond donors (Lipinski definition) is 2. The molecule has 6 heteroatoms. The van der Waals surface area contributed by atoms with Crippen LogP contribution >= 0.6 is 0 Å². The minimum absolute atomic E-state index is 0.197. The van der Waals surface area contributed by atoms with Crippen LogP contribution in [0.5, 0.6) is 0 Å². The van der Waals surface area contributed by atoms with Crippen LogP contribution in [0.25, 0.3) is 0 Å². The van der Waals surface area contributed by atoms with E-state index in [0.717, 1.165) is 18.7 Å². The number of rotatable bonds is 4. The number of amides is 2. The molecule has 1 heterocycles. The van der Waals surface area contributed by atoms with Gasteiger partial charge in [-0.15, -0.1) is 0 Å². The lowest BCUT2D eigenvalue weighted by Crippen LogP contribution is -2.34. The average molecular weight is 210 g/mol. The molecular formula is C9H14N4O2. The van der Waals surface area contributed by atoms with E-state index in [9.17, 15) is 4.79 Å². The van der Waals surface area contributed by atoms with E-state index in [4.69, 9.17) is 4.52 Å². The molecule has 0 saturated heterocycles. The Labute approximate surface area is 87.4 Å². The number of nitrogens with one attached hydrogen (secondary N) is 2. The molecular weight excluding hydrogens is 196 g/mol. The van der Waals surface area contributed by atoms with Crippen LogP contribution in [0, 0.1) is 0 Å². The van der Waals surface area contributed by atoms with Crippen LogP contribution < -0.4 is 10.6 Å². The summed E-state index contributed by atoms with van der Waals surface area (Å²) in [5.74, 6) is 1.91. The van der Waals surface area contributed by atoms with Gasteiger partial charge in [-0.05, 0) is 12.8 Å². The zero-order valence-electron chi connectivity index (χ0n) is 8.62. The zero-order valence-corrected chi connectivity index (χ0v) is 8.62. The van der Waals surface area contributed by atoms with E-state index in [1.54, 1.807) is 7.05 Å². The molecule has 0 unspecified atom stereocenters. The lowest BCUT2D eigenvalue weighted by Gasteiger charge is -2.00. The fourth-order valence-electron chi connectivity index (χ4n) is 1.25. The van der Waals surface area contributed by atoms with E-state index in [2.05, 4.69) is 20.8 Å². The third-order valence-corrected chi connectivity index (χ3v) is 2.28. The minimum Gasteiger partial charge on any atom is -0.341 e. The SMILES string of the molecule is CNC(=O)NCCc1nc(C2CC2)no1. The molecule has 1 aliphatic rings. The maximum atomic E-state index is 10.8. The van der Waals surface area contributed by atoms with E-state index in [1.165, 1.54) is 0 Å². The van der Waals surface area contributed by atoms with Crippen LogP contribution in [-0.4, -0.2) is 29.8 Å². The maximum absolute atomic E-state index is 10.8. The average Bonchev–Trinajstić information content (AvgIpc) is 2.99. The Morgan fingerprint density at radius 1 is 1.60 bits per heavy atom. The Bertz CT molecular complexity index is 346. The largest absolute Gasteiger partial charge is 0.341 e. The summed E-state index contributed by atoms with van der Waals surface area (Å²) in [4.78, 5) is 15.1. The van der Waals surface area contributed by atoms with E-state index >= 15 is 0 Å². The summed E-state index contributed by atoms with van der Waals surface area (Å²) in [6, 6.07) is -0.197. The second kappa shape index (κ2) is 4.29. The normalized spacial score (nSPS) is 15.0. The van der Waals surface area contributed by atoms with E-state index < -0.39 is 0 Å². The van der Waals surface area contributed by atoms with E-state index in [-0.39, 0.29) is 6.03 Å². The minimum atomic E-state index is -0.197. The molecule has 1 saturated carbocycles. The van der Waals surface area contributed by atoms with Crippen molar-refractivity contribution in [1.82, 2.24) is 20.8 Å². The first-order valence-corrected chi connectivity index (χ1v) is 5.07. The number of carbonyl (C=O) groups excluding carboxylic acids is 1. The number of urea groups is 1. The molecule has 1 aliphatic carbocycles. The molecule has 2 amide bonds. The predicted octanol–water partition coefficient (Wildman–Crippen LogP) is 0.418. The fraction of sp³-hybridized carbons (Fsp3) is 0.667. The Morgan fingerprint density at radius 3 is 3.07 bits per heavy atom. The zero-order chi connectivity index (χ0) is 10.7. The molecule has 0 radical (unpaired) electrons. The first kappa shape index (κ1) is 9.95. The highest BCUT2D eigenvalue weighted by atomic mass is 16.5. The van der Waals surface area contributed by atoms with Gasteiger partial charge in [-0.25, -0.2) is 4.79 Å². The number of carbonyl (C=O) groups is 1. The Balaban J connectivity index is 1.75. The van der Waals surface area contributed by atoms with Crippen molar-refractivity contribution in [3.05, 3.63) is 11.7 Å². The van der Waals surface area contributed by atoms with Crippen molar-refractivity contribution in [3.63, 3.8) is 0 Å². The molecule has 1 aromatic heterocycles. The van der Waals surface area contributed by atoms with Crippen LogP contribution in [0.3, 0.4) is 0 Å². The second-order valence-corrected chi connectivity index (χ2v) is 3.58. The first-order valence-electron chi connectivity index (χ1n) is 5.07. The molecule has 1 aromatic rings. The van der Waals surface area contributed by atoms with Gasteiger partial charge in [-0.1, -0.05) is 5.16 Å². The second-order valence-electron chi connectivity index (χ2n) is 3.58. The van der Waals surface area contributed by atoms with Gasteiger partial charge in [0.2, 0.25) is 5.89 Å². The van der Waals surface area contributed by atoms with Crippen LogP contribution in [0.4, 0.5) is 4.79 Å². The topological polar surface area (TPSA) is 80.0 Å². The summed E-state index contributed by atoms with van der Waals surface area (Å²) in [7, 11) is 1.58. The number of aromatic nitrogens is 2. The van der Waals surface area contributed by atoms with Crippen LogP contribution in [0.1, 0.15) is 30.5 Å². The van der Waals surface area contributed by atoms with E-state index in [0.29, 0.717) is 24.8 Å². The molecule has 2 rings (SSSR count). The molecule has 0 spiro atoms. The summed E-state index contributed by atoms with van der Waals surface area (Å²) in [6.45, 7) is 0.506. The smallest absolute Gasteiger partial charge is 0.314 e. The molecule has 0 atom stereocenters. The molecule has 0 aromatic carbocycles. The van der Waals surface area contributed by atoms with Crippen LogP contribution in [0.2, 0.25) is 0 Å². The fourth-order valence-corrected chi connectivity index (χ4v) is 1.25. The van der Waals surface area contributed by atoms with Gasteiger partial charge < -0.3 is 15.2 Å². The molecule has 82 valence electrons. The van der Waals surface area contributed by atoms with Crippen molar-refractivity contribution < 1.29 is 9.32 Å². The first-order chi connectivity index (χ1) is 7.29. The third-order valence-electron chi connectivity index (χ3n) is 2.28. The quantitative estimate of drug-likeness (QED) is 0.754. The molecule has 0 aliphatic heterocycles. The van der Waals surface area contributed by atoms with Gasteiger partial charge in [0.05, 0.1) is 0 Å². The van der Waals surface area contributed by atoms with Crippen molar-refractivity contribution >= 4 is 6.03 Å². The summed E-state index contributed by atoms with van der Waals surface area (Å²) < 4.78 is 5.05. The Morgan fingerprint density at radius 2 is 2.40 bits per heavy atom. The summed E-state index contributed by atoms with van der Waals surface area (Å²) in [5, 5.41) is 9.01. The van der Waals surface area contributed by atoms with Gasteiger partial charge in [0.1, 0.15) is 0 Å². The van der Waals surface area contributed by atoms with Gasteiger partial charge in [0, 0.05) is 25.9 Å². The van der Waals surface area contributed by atoms with Crippen molar-refractivity contribution in [1.29, 1.82) is 0 Å². The number of nitrogens with zero attached hydrogens (tertiary/aromatic N) is 2. The molecule has 6 nitrogen and oxygen atoms in total. The Kier molecular flexibility index (Phi) is 2.84. The monoisotopic (exact) mass is 210 g/mol. The van der Waals surface area contributed by atoms with Crippen molar-refractivity contribution in [3.8, 4) is 0 Å². The van der Waals surface area contributed by atoms with Crippen molar-refractivity contribution in [2.75, 3.05) is 13.6 Å². The highest BCUT2D eigenvalue weighted by molar-refractivity contribution is 5.73. The van der Waals surface area contributed by atoms with Gasteiger partial charge in [0.15, 0.2) is 5.82 Å². The maximum Gasteiger partial charge on any atom is 0.314 e. The predicted molar refractivity (Wildman–Crippen MR) is 52.4 cm³/mol. The molecule has 0 bridgehead atoms. The van der Waals surface area contributed by atoms with Gasteiger partial charge in [0.25, 0.3) is 0 Å². The van der Waals surface area contributed by atoms with Crippen LogP contribution in [0.15, 0.2) is 4.52 Å². The molecule has 2 N–H and O–H groups in total. The molecule has 15 heavy (non-hydrogen) atoms. The third kappa shape index (κ3) is 2.68. The van der Waals surface area contributed by atoms with E-state index in [1.807, 2.05) is 0 Å². The summed E-state index contributed by atoms with van der Waals surface area (Å²) in [6.07, 6.45) is 2.90. The summed E-state index contributed by atoms with van der Waals surface area (Å²) in [5.41, 5.74) is 0. The standard InChI is InChI=1S/C9H14N4O2/c1-10-9(14)11-5-4-7-12-8(13-15-7)6-2-3-6/h6H,2-5H2,1H3,(H2,10,11,14).